The molecule has 2 fully saturated rings. The summed E-state index contributed by atoms with van der Waals surface area (Å²) in [5, 5.41) is 5.36. The van der Waals surface area contributed by atoms with Crippen LogP contribution in [0, 0.1) is 0 Å². The Morgan fingerprint density at radius 1 is 1.08 bits per heavy atom. The fourth-order valence-corrected chi connectivity index (χ4v) is 5.44. The van der Waals surface area contributed by atoms with Crippen LogP contribution in [-0.4, -0.2) is 95.8 Å². The van der Waals surface area contributed by atoms with Crippen molar-refractivity contribution in [3.05, 3.63) is 54.6 Å². The van der Waals surface area contributed by atoms with Gasteiger partial charge in [0.1, 0.15) is 24.2 Å². The van der Waals surface area contributed by atoms with Crippen LogP contribution in [0.4, 0.5) is 0 Å². The van der Waals surface area contributed by atoms with E-state index in [1.165, 1.54) is 40.7 Å². The van der Waals surface area contributed by atoms with Crippen LogP contribution in [0.2, 0.25) is 0 Å². The lowest BCUT2D eigenvalue weighted by molar-refractivity contribution is -0.137. The summed E-state index contributed by atoms with van der Waals surface area (Å²) in [6, 6.07) is 5.73. The van der Waals surface area contributed by atoms with Crippen LogP contribution in [0.1, 0.15) is 23.2 Å². The molecule has 0 unspecified atom stereocenters. The minimum Gasteiger partial charge on any atom is -0.354 e. The van der Waals surface area contributed by atoms with Crippen molar-refractivity contribution in [1.29, 1.82) is 0 Å². The Hall–Kier alpha value is -3.87. The van der Waals surface area contributed by atoms with E-state index < -0.39 is 45.4 Å². The van der Waals surface area contributed by atoms with Crippen molar-refractivity contribution in [2.45, 2.75) is 29.8 Å². The quantitative estimate of drug-likeness (QED) is 0.497. The van der Waals surface area contributed by atoms with E-state index >= 15 is 0 Å². The van der Waals surface area contributed by atoms with E-state index in [0.717, 1.165) is 0 Å². The van der Waals surface area contributed by atoms with Gasteiger partial charge in [0, 0.05) is 32.0 Å². The predicted octanol–water partition coefficient (Wildman–Crippen LogP) is -1.00. The summed E-state index contributed by atoms with van der Waals surface area (Å²) in [5.41, 5.74) is 0.164. The molecule has 3 heterocycles. The Labute approximate surface area is 208 Å². The lowest BCUT2D eigenvalue weighted by Gasteiger charge is -2.41. The fraction of sp³-hybridized carbons (Fsp3) is 0.391. The number of sulfone groups is 1. The van der Waals surface area contributed by atoms with E-state index in [9.17, 15) is 27.6 Å². The average Bonchev–Trinajstić information content (AvgIpc) is 2.90. The second-order valence-corrected chi connectivity index (χ2v) is 10.5. The molecule has 36 heavy (non-hydrogen) atoms. The number of amides is 4. The maximum atomic E-state index is 13.3. The number of piperidine rings is 1. The first kappa shape index (κ1) is 25.2. The number of nitrogens with zero attached hydrogens (tertiary/aromatic N) is 4. The molecule has 2 N–H and O–H groups in total. The van der Waals surface area contributed by atoms with Crippen molar-refractivity contribution in [3.8, 4) is 0 Å². The Morgan fingerprint density at radius 2 is 1.81 bits per heavy atom. The molecule has 0 saturated carbocycles. The monoisotopic (exact) mass is 514 g/mol. The molecule has 1 aromatic carbocycles. The summed E-state index contributed by atoms with van der Waals surface area (Å²) in [6.07, 6.45) is 5.05. The van der Waals surface area contributed by atoms with E-state index in [1.807, 2.05) is 0 Å². The van der Waals surface area contributed by atoms with Gasteiger partial charge in [-0.1, -0.05) is 18.2 Å². The molecule has 0 radical (unpaired) electrons. The SMILES string of the molecule is O=C1NCCC[C@@H]1NC(=O)[C@H]1CN(C(=O)CS(=O)(=O)c2ccccc2)CCN1C(=O)c1cncnc1. The normalized spacial score (nSPS) is 20.4. The minimum atomic E-state index is -3.89. The Kier molecular flexibility index (Phi) is 7.58. The molecule has 1 aromatic heterocycles. The zero-order valence-electron chi connectivity index (χ0n) is 19.4. The summed E-state index contributed by atoms with van der Waals surface area (Å²) in [5.74, 6) is -2.88. The van der Waals surface area contributed by atoms with Crippen molar-refractivity contribution >= 4 is 33.5 Å². The van der Waals surface area contributed by atoms with Gasteiger partial charge in [-0.15, -0.1) is 0 Å². The van der Waals surface area contributed by atoms with Gasteiger partial charge >= 0.3 is 0 Å². The van der Waals surface area contributed by atoms with Gasteiger partial charge in [0.15, 0.2) is 9.84 Å². The second-order valence-electron chi connectivity index (χ2n) is 8.55. The first-order valence-electron chi connectivity index (χ1n) is 11.5. The summed E-state index contributed by atoms with van der Waals surface area (Å²) in [7, 11) is -3.89. The van der Waals surface area contributed by atoms with Gasteiger partial charge < -0.3 is 20.4 Å². The predicted molar refractivity (Wildman–Crippen MR) is 126 cm³/mol. The molecular formula is C23H26N6O6S. The third-order valence-corrected chi connectivity index (χ3v) is 7.74. The van der Waals surface area contributed by atoms with E-state index in [1.54, 1.807) is 18.2 Å². The Morgan fingerprint density at radius 3 is 2.50 bits per heavy atom. The van der Waals surface area contributed by atoms with Crippen molar-refractivity contribution in [2.75, 3.05) is 31.9 Å². The van der Waals surface area contributed by atoms with Gasteiger partial charge in [-0.25, -0.2) is 18.4 Å². The largest absolute Gasteiger partial charge is 0.354 e. The average molecular weight is 515 g/mol. The maximum Gasteiger partial charge on any atom is 0.257 e. The molecule has 0 spiro atoms. The molecule has 2 atom stereocenters. The first-order chi connectivity index (χ1) is 17.3. The summed E-state index contributed by atoms with van der Waals surface area (Å²) < 4.78 is 25.4. The molecule has 4 amide bonds. The number of hydrogen-bond acceptors (Lipinski definition) is 8. The van der Waals surface area contributed by atoms with Gasteiger partial charge in [0.05, 0.1) is 17.0 Å². The molecule has 190 valence electrons. The molecule has 0 bridgehead atoms. The smallest absolute Gasteiger partial charge is 0.257 e. The molecule has 2 saturated heterocycles. The zero-order chi connectivity index (χ0) is 25.7. The molecule has 2 aromatic rings. The third kappa shape index (κ3) is 5.67. The highest BCUT2D eigenvalue weighted by Crippen LogP contribution is 2.17. The van der Waals surface area contributed by atoms with Gasteiger partial charge in [-0.05, 0) is 25.0 Å². The van der Waals surface area contributed by atoms with Gasteiger partial charge in [-0.2, -0.15) is 0 Å². The van der Waals surface area contributed by atoms with Crippen molar-refractivity contribution < 1.29 is 27.6 Å². The number of carbonyl (C=O) groups is 4. The van der Waals surface area contributed by atoms with Crippen LogP contribution in [0.3, 0.4) is 0 Å². The van der Waals surface area contributed by atoms with Crippen molar-refractivity contribution in [2.24, 2.45) is 0 Å². The number of hydrogen-bond donors (Lipinski definition) is 2. The number of rotatable bonds is 6. The van der Waals surface area contributed by atoms with Crippen LogP contribution in [0.5, 0.6) is 0 Å². The van der Waals surface area contributed by atoms with Crippen LogP contribution >= 0.6 is 0 Å². The number of benzene rings is 1. The number of piperazine rings is 1. The highest BCUT2D eigenvalue weighted by molar-refractivity contribution is 7.92. The van der Waals surface area contributed by atoms with Gasteiger partial charge in [-0.3, -0.25) is 19.2 Å². The molecule has 12 nitrogen and oxygen atoms in total. The number of nitrogens with one attached hydrogen (secondary N) is 2. The summed E-state index contributed by atoms with van der Waals surface area (Å²) >= 11 is 0. The maximum absolute atomic E-state index is 13.3. The zero-order valence-corrected chi connectivity index (χ0v) is 20.2. The van der Waals surface area contributed by atoms with E-state index in [4.69, 9.17) is 0 Å². The van der Waals surface area contributed by atoms with Gasteiger partial charge in [0.25, 0.3) is 5.91 Å². The van der Waals surface area contributed by atoms with Crippen molar-refractivity contribution in [1.82, 2.24) is 30.4 Å². The van der Waals surface area contributed by atoms with Crippen LogP contribution in [0.15, 0.2) is 53.9 Å². The van der Waals surface area contributed by atoms with Crippen LogP contribution < -0.4 is 10.6 Å². The Balaban J connectivity index is 1.53. The summed E-state index contributed by atoms with van der Waals surface area (Å²) in [6.45, 7) is 0.324. The second kappa shape index (κ2) is 10.8. The first-order valence-corrected chi connectivity index (χ1v) is 13.1. The van der Waals surface area contributed by atoms with Crippen molar-refractivity contribution in [3.63, 3.8) is 0 Å². The molecule has 4 rings (SSSR count). The third-order valence-electron chi connectivity index (χ3n) is 6.12. The topological polar surface area (TPSA) is 159 Å². The van der Waals surface area contributed by atoms with E-state index in [0.29, 0.717) is 19.4 Å². The molecular weight excluding hydrogens is 488 g/mol. The molecule has 2 aliphatic rings. The number of aromatic nitrogens is 2. The fourth-order valence-electron chi connectivity index (χ4n) is 4.19. The molecule has 2 aliphatic heterocycles. The van der Waals surface area contributed by atoms with Crippen LogP contribution in [0.25, 0.3) is 0 Å². The lowest BCUT2D eigenvalue weighted by Crippen LogP contribution is -2.64. The molecule has 0 aliphatic carbocycles. The molecule has 13 heteroatoms. The Bertz CT molecular complexity index is 1240. The number of carbonyl (C=O) groups excluding carboxylic acids is 4. The highest BCUT2D eigenvalue weighted by Gasteiger charge is 2.39. The summed E-state index contributed by atoms with van der Waals surface area (Å²) in [4.78, 5) is 61.8. The van der Waals surface area contributed by atoms with E-state index in [-0.39, 0.29) is 36.0 Å². The van der Waals surface area contributed by atoms with Crippen LogP contribution in [-0.2, 0) is 24.2 Å². The van der Waals surface area contributed by atoms with E-state index in [2.05, 4.69) is 20.6 Å². The van der Waals surface area contributed by atoms with Gasteiger partial charge in [0.2, 0.25) is 17.7 Å². The minimum absolute atomic E-state index is 0.0141. The standard InChI is InChI=1S/C23H26N6O6S/c30-20(14-36(34,35)17-5-2-1-3-6-17)28-9-10-29(23(33)16-11-24-15-25-12-16)19(13-28)22(32)27-18-7-4-8-26-21(18)31/h1-3,5-6,11-12,15,18-19H,4,7-10,13-14H2,(H,26,31)(H,27,32)/t18-,19+/m0/s1. The lowest BCUT2D eigenvalue weighted by atomic mass is 10.0. The highest BCUT2D eigenvalue weighted by atomic mass is 32.2.